The molecule has 35 heavy (non-hydrogen) atoms. The van der Waals surface area contributed by atoms with Gasteiger partial charge in [-0.15, -0.1) is 11.3 Å². The number of methoxy groups -OCH3 is 1. The molecule has 0 saturated carbocycles. The van der Waals surface area contributed by atoms with Crippen molar-refractivity contribution < 1.29 is 36.6 Å². The Morgan fingerprint density at radius 1 is 1.09 bits per heavy atom. The van der Waals surface area contributed by atoms with Gasteiger partial charge >= 0.3 is 18.1 Å². The molecule has 0 aliphatic rings. The Morgan fingerprint density at radius 3 is 2.43 bits per heavy atom. The van der Waals surface area contributed by atoms with Crippen LogP contribution in [0.25, 0.3) is 11.3 Å². The van der Waals surface area contributed by atoms with Crippen molar-refractivity contribution >= 4 is 34.0 Å². The predicted octanol–water partition coefficient (Wildman–Crippen LogP) is 6.37. The maximum absolute atomic E-state index is 13.8. The third kappa shape index (κ3) is 6.36. The second-order valence-electron chi connectivity index (χ2n) is 7.39. The Morgan fingerprint density at radius 2 is 1.80 bits per heavy atom. The first kappa shape index (κ1) is 26.1. The second-order valence-corrected chi connectivity index (χ2v) is 8.22. The molecule has 0 unspecified atom stereocenters. The lowest BCUT2D eigenvalue weighted by Gasteiger charge is -2.21. The molecule has 0 saturated heterocycles. The molecule has 6 nitrogen and oxygen atoms in total. The number of carbonyl (C=O) groups is 2. The van der Waals surface area contributed by atoms with Gasteiger partial charge in [-0.25, -0.2) is 19.1 Å². The number of amides is 1. The van der Waals surface area contributed by atoms with E-state index >= 15 is 0 Å². The molecule has 0 aliphatic heterocycles. The van der Waals surface area contributed by atoms with Gasteiger partial charge in [-0.2, -0.15) is 13.2 Å². The summed E-state index contributed by atoms with van der Waals surface area (Å²) in [5.74, 6) is -3.34. The number of esters is 1. The van der Waals surface area contributed by atoms with Gasteiger partial charge in [0, 0.05) is 10.9 Å². The molecule has 0 radical (unpaired) electrons. The van der Waals surface area contributed by atoms with E-state index < -0.39 is 29.4 Å². The zero-order valence-corrected chi connectivity index (χ0v) is 19.7. The van der Waals surface area contributed by atoms with E-state index in [2.05, 4.69) is 9.72 Å². The van der Waals surface area contributed by atoms with Crippen molar-refractivity contribution in [1.82, 2.24) is 4.98 Å². The maximum Gasteiger partial charge on any atom is 0.420 e. The van der Waals surface area contributed by atoms with Crippen LogP contribution in [0, 0.1) is 5.82 Å². The normalized spacial score (nSPS) is 11.3. The first-order valence-electron chi connectivity index (χ1n) is 10.6. The minimum atomic E-state index is -4.78. The lowest BCUT2D eigenvalue weighted by molar-refractivity contribution is -0.151. The molecule has 0 fully saturated rings. The summed E-state index contributed by atoms with van der Waals surface area (Å²) in [4.78, 5) is 29.9. The summed E-state index contributed by atoms with van der Waals surface area (Å²) in [5.41, 5.74) is -0.469. The van der Waals surface area contributed by atoms with E-state index in [4.69, 9.17) is 4.74 Å². The van der Waals surface area contributed by atoms with Crippen LogP contribution in [-0.2, 0) is 20.5 Å². The van der Waals surface area contributed by atoms with Crippen molar-refractivity contribution in [3.05, 3.63) is 59.2 Å². The Balaban J connectivity index is 2.04. The number of nitrogens with zero attached hydrogens (tertiary/aromatic N) is 2. The van der Waals surface area contributed by atoms with Crippen molar-refractivity contribution in [1.29, 1.82) is 0 Å². The van der Waals surface area contributed by atoms with Gasteiger partial charge in [-0.1, -0.05) is 19.8 Å². The SMILES string of the molecule is CCCCCOc1ccc(N(C(=O)C(=O)OC)c2nc(-c3ccc(F)cc3)cs2)cc1C(F)(F)F. The molecule has 186 valence electrons. The van der Waals surface area contributed by atoms with Gasteiger partial charge in [0.1, 0.15) is 11.6 Å². The number of carbonyl (C=O) groups excluding carboxylic acids is 2. The molecule has 3 rings (SSSR count). The van der Waals surface area contributed by atoms with E-state index in [1.54, 1.807) is 0 Å². The molecular formula is C24H22F4N2O4S. The quantitative estimate of drug-likeness (QED) is 0.152. The van der Waals surface area contributed by atoms with Gasteiger partial charge in [0.2, 0.25) is 0 Å². The highest BCUT2D eigenvalue weighted by Crippen LogP contribution is 2.41. The van der Waals surface area contributed by atoms with Gasteiger partial charge in [0.25, 0.3) is 0 Å². The number of hydrogen-bond acceptors (Lipinski definition) is 6. The van der Waals surface area contributed by atoms with Crippen LogP contribution in [0.1, 0.15) is 31.7 Å². The van der Waals surface area contributed by atoms with E-state index in [-0.39, 0.29) is 23.2 Å². The Labute approximate surface area is 203 Å². The summed E-state index contributed by atoms with van der Waals surface area (Å²) in [6.07, 6.45) is -2.50. The monoisotopic (exact) mass is 510 g/mol. The third-order valence-electron chi connectivity index (χ3n) is 4.92. The van der Waals surface area contributed by atoms with E-state index in [1.807, 2.05) is 6.92 Å². The largest absolute Gasteiger partial charge is 0.493 e. The number of thiazole rings is 1. The van der Waals surface area contributed by atoms with Crippen LogP contribution >= 0.6 is 11.3 Å². The average molecular weight is 511 g/mol. The van der Waals surface area contributed by atoms with Gasteiger partial charge in [-0.05, 0) is 48.9 Å². The second kappa shape index (κ2) is 11.3. The fourth-order valence-corrected chi connectivity index (χ4v) is 4.00. The van der Waals surface area contributed by atoms with Gasteiger partial charge < -0.3 is 9.47 Å². The molecule has 11 heteroatoms. The molecule has 1 amide bonds. The van der Waals surface area contributed by atoms with Crippen LogP contribution in [-0.4, -0.2) is 30.6 Å². The zero-order valence-electron chi connectivity index (χ0n) is 18.9. The molecule has 0 spiro atoms. The summed E-state index contributed by atoms with van der Waals surface area (Å²) in [7, 11) is 0.985. The smallest absolute Gasteiger partial charge is 0.420 e. The van der Waals surface area contributed by atoms with Crippen molar-refractivity contribution in [2.45, 2.75) is 32.4 Å². The number of aromatic nitrogens is 1. The fourth-order valence-electron chi connectivity index (χ4n) is 3.15. The van der Waals surface area contributed by atoms with Crippen LogP contribution < -0.4 is 9.64 Å². The number of alkyl halides is 3. The van der Waals surface area contributed by atoms with E-state index in [1.165, 1.54) is 35.7 Å². The molecule has 0 aliphatic carbocycles. The topological polar surface area (TPSA) is 68.7 Å². The molecule has 2 aromatic carbocycles. The highest BCUT2D eigenvalue weighted by atomic mass is 32.1. The predicted molar refractivity (Wildman–Crippen MR) is 123 cm³/mol. The van der Waals surface area contributed by atoms with Crippen LogP contribution in [0.3, 0.4) is 0 Å². The molecule has 0 atom stereocenters. The standard InChI is InChI=1S/C24H22F4N2O4S/c1-3-4-5-12-34-20-11-10-17(13-18(20)24(26,27)28)30(21(31)22(32)33-2)23-29-19(14-35-23)15-6-8-16(25)9-7-15/h6-11,13-14H,3-5,12H2,1-2H3. The minimum absolute atomic E-state index is 0.0653. The van der Waals surface area contributed by atoms with Gasteiger partial charge in [0.05, 0.1) is 30.7 Å². The lowest BCUT2D eigenvalue weighted by Crippen LogP contribution is -2.33. The number of halogens is 4. The molecule has 3 aromatic rings. The Kier molecular flexibility index (Phi) is 8.44. The summed E-state index contributed by atoms with van der Waals surface area (Å²) in [6.45, 7) is 2.07. The molecule has 0 bridgehead atoms. The van der Waals surface area contributed by atoms with E-state index in [9.17, 15) is 27.2 Å². The number of ether oxygens (including phenoxy) is 2. The first-order valence-corrected chi connectivity index (χ1v) is 11.5. The van der Waals surface area contributed by atoms with Crippen LogP contribution in [0.5, 0.6) is 5.75 Å². The average Bonchev–Trinajstić information content (AvgIpc) is 3.31. The van der Waals surface area contributed by atoms with Crippen LogP contribution in [0.4, 0.5) is 28.4 Å². The number of unbranched alkanes of at least 4 members (excludes halogenated alkanes) is 2. The minimum Gasteiger partial charge on any atom is -0.493 e. The molecular weight excluding hydrogens is 488 g/mol. The zero-order chi connectivity index (χ0) is 25.6. The van der Waals surface area contributed by atoms with Crippen molar-refractivity contribution in [2.75, 3.05) is 18.6 Å². The van der Waals surface area contributed by atoms with Gasteiger partial charge in [-0.3, -0.25) is 4.79 Å². The Hall–Kier alpha value is -3.47. The summed E-state index contributed by atoms with van der Waals surface area (Å²) in [5, 5.41) is 1.47. The Bertz CT molecular complexity index is 1180. The maximum atomic E-state index is 13.8. The first-order chi connectivity index (χ1) is 16.7. The molecule has 0 N–H and O–H groups in total. The highest BCUT2D eigenvalue weighted by Gasteiger charge is 2.37. The fraction of sp³-hybridized carbons (Fsp3) is 0.292. The number of benzene rings is 2. The van der Waals surface area contributed by atoms with Crippen LogP contribution in [0.2, 0.25) is 0 Å². The number of anilines is 2. The summed E-state index contributed by atoms with van der Waals surface area (Å²) >= 11 is 0.925. The van der Waals surface area contributed by atoms with Crippen LogP contribution in [0.15, 0.2) is 47.8 Å². The molecule has 1 aromatic heterocycles. The molecule has 1 heterocycles. The van der Waals surface area contributed by atoms with E-state index in [0.717, 1.165) is 48.3 Å². The van der Waals surface area contributed by atoms with Crippen molar-refractivity contribution in [2.24, 2.45) is 0 Å². The lowest BCUT2D eigenvalue weighted by atomic mass is 10.1. The van der Waals surface area contributed by atoms with E-state index in [0.29, 0.717) is 17.7 Å². The summed E-state index contributed by atoms with van der Waals surface area (Å²) < 4.78 is 64.6. The highest BCUT2D eigenvalue weighted by molar-refractivity contribution is 7.14. The van der Waals surface area contributed by atoms with Crippen molar-refractivity contribution in [3.63, 3.8) is 0 Å². The van der Waals surface area contributed by atoms with Gasteiger partial charge in [0.15, 0.2) is 5.13 Å². The number of hydrogen-bond donors (Lipinski definition) is 0. The third-order valence-corrected chi connectivity index (χ3v) is 5.74. The van der Waals surface area contributed by atoms with Crippen molar-refractivity contribution in [3.8, 4) is 17.0 Å². The number of rotatable bonds is 8. The summed E-state index contributed by atoms with van der Waals surface area (Å²) in [6, 6.07) is 8.45.